The summed E-state index contributed by atoms with van der Waals surface area (Å²) in [5.41, 5.74) is 0. The Labute approximate surface area is 199 Å². The number of aliphatic hydroxyl groups is 10. The van der Waals surface area contributed by atoms with Crippen LogP contribution in [0.15, 0.2) is 0 Å². The summed E-state index contributed by atoms with van der Waals surface area (Å²) in [7, 11) is 1.19. The fourth-order valence-electron chi connectivity index (χ4n) is 4.30. The van der Waals surface area contributed by atoms with Crippen molar-refractivity contribution in [1.29, 1.82) is 0 Å². The normalized spacial score (nSPS) is 51.3. The molecular formula is C19H34O16. The summed E-state index contributed by atoms with van der Waals surface area (Å²) in [6.07, 6.45) is -23.9. The summed E-state index contributed by atoms with van der Waals surface area (Å²) >= 11 is 0. The summed E-state index contributed by atoms with van der Waals surface area (Å²) in [6.45, 7) is -2.24. The molecule has 206 valence electrons. The number of methoxy groups -OCH3 is 1. The molecule has 0 amide bonds. The zero-order valence-electron chi connectivity index (χ0n) is 18.7. The van der Waals surface area contributed by atoms with Crippen LogP contribution in [-0.2, 0) is 28.4 Å². The van der Waals surface area contributed by atoms with E-state index < -0.39 is 112 Å². The van der Waals surface area contributed by atoms with E-state index in [1.54, 1.807) is 0 Å². The molecular weight excluding hydrogens is 484 g/mol. The lowest BCUT2D eigenvalue weighted by Crippen LogP contribution is -2.66. The highest BCUT2D eigenvalue weighted by molar-refractivity contribution is 4.96. The fourth-order valence-corrected chi connectivity index (χ4v) is 4.30. The van der Waals surface area contributed by atoms with Crippen molar-refractivity contribution in [2.45, 2.75) is 92.1 Å². The first kappa shape index (κ1) is 28.9. The monoisotopic (exact) mass is 518 g/mol. The Morgan fingerprint density at radius 3 is 1.57 bits per heavy atom. The van der Waals surface area contributed by atoms with Gasteiger partial charge in [0.05, 0.1) is 19.8 Å². The van der Waals surface area contributed by atoms with Gasteiger partial charge in [-0.05, 0) is 0 Å². The molecule has 0 bridgehead atoms. The minimum absolute atomic E-state index is 0.713. The molecule has 16 nitrogen and oxygen atoms in total. The van der Waals surface area contributed by atoms with Gasteiger partial charge in [0.1, 0.15) is 73.2 Å². The van der Waals surface area contributed by atoms with Gasteiger partial charge in [-0.3, -0.25) is 0 Å². The smallest absolute Gasteiger partial charge is 0.187 e. The Bertz CT molecular complexity index is 654. The first-order chi connectivity index (χ1) is 16.6. The lowest BCUT2D eigenvalue weighted by Gasteiger charge is -2.48. The van der Waals surface area contributed by atoms with E-state index in [1.165, 1.54) is 7.11 Å². The first-order valence-electron chi connectivity index (χ1n) is 11.0. The van der Waals surface area contributed by atoms with Crippen molar-refractivity contribution in [3.05, 3.63) is 0 Å². The number of rotatable bonds is 8. The lowest BCUT2D eigenvalue weighted by atomic mass is 9.96. The highest BCUT2D eigenvalue weighted by Gasteiger charge is 2.53. The van der Waals surface area contributed by atoms with Crippen LogP contribution in [0.1, 0.15) is 0 Å². The molecule has 0 aromatic carbocycles. The summed E-state index contributed by atoms with van der Waals surface area (Å²) in [5.74, 6) is 0. The molecule has 3 aliphatic rings. The van der Waals surface area contributed by atoms with Crippen molar-refractivity contribution in [1.82, 2.24) is 0 Å². The Morgan fingerprint density at radius 1 is 0.514 bits per heavy atom. The molecule has 3 heterocycles. The predicted octanol–water partition coefficient (Wildman–Crippen LogP) is -6.92. The molecule has 3 saturated heterocycles. The third-order valence-electron chi connectivity index (χ3n) is 6.34. The third kappa shape index (κ3) is 5.78. The largest absolute Gasteiger partial charge is 0.394 e. The topological polar surface area (TPSA) is 258 Å². The number of aliphatic hydroxyl groups excluding tert-OH is 10. The summed E-state index contributed by atoms with van der Waals surface area (Å²) in [4.78, 5) is 0. The molecule has 0 aromatic rings. The SMILES string of the molecule is CO[C@H]1C(O)O[C@H](CO)[C@H](O[C@@H]2O[C@H](CO)[C@H](O)[C@H](O[C@H]3O[C@H](CO)[C@H](O)[C@H](O)[C@H]3O)[C@H]2O)[C@@H]1O. The van der Waals surface area contributed by atoms with E-state index in [4.69, 9.17) is 28.4 Å². The van der Waals surface area contributed by atoms with Crippen molar-refractivity contribution in [2.75, 3.05) is 26.9 Å². The van der Waals surface area contributed by atoms with Crippen LogP contribution in [0.4, 0.5) is 0 Å². The van der Waals surface area contributed by atoms with Crippen molar-refractivity contribution < 1.29 is 79.5 Å². The van der Waals surface area contributed by atoms with Gasteiger partial charge < -0.3 is 79.5 Å². The van der Waals surface area contributed by atoms with E-state index in [1.807, 2.05) is 0 Å². The van der Waals surface area contributed by atoms with E-state index >= 15 is 0 Å². The Hall–Kier alpha value is -0.640. The van der Waals surface area contributed by atoms with E-state index in [0.29, 0.717) is 0 Å². The summed E-state index contributed by atoms with van der Waals surface area (Å²) in [6, 6.07) is 0. The lowest BCUT2D eigenvalue weighted by molar-refractivity contribution is -0.379. The molecule has 15 atom stereocenters. The van der Waals surface area contributed by atoms with Crippen molar-refractivity contribution in [3.8, 4) is 0 Å². The van der Waals surface area contributed by atoms with Crippen LogP contribution < -0.4 is 0 Å². The van der Waals surface area contributed by atoms with Crippen LogP contribution in [-0.4, -0.2) is 170 Å². The van der Waals surface area contributed by atoms with Gasteiger partial charge in [-0.1, -0.05) is 0 Å². The Morgan fingerprint density at radius 2 is 1.03 bits per heavy atom. The van der Waals surface area contributed by atoms with Crippen LogP contribution in [0.25, 0.3) is 0 Å². The third-order valence-corrected chi connectivity index (χ3v) is 6.34. The fraction of sp³-hybridized carbons (Fsp3) is 1.00. The maximum atomic E-state index is 10.8. The van der Waals surface area contributed by atoms with Gasteiger partial charge in [-0.25, -0.2) is 0 Å². The zero-order valence-corrected chi connectivity index (χ0v) is 18.7. The van der Waals surface area contributed by atoms with E-state index in [9.17, 15) is 51.1 Å². The molecule has 0 radical (unpaired) electrons. The predicted molar refractivity (Wildman–Crippen MR) is 106 cm³/mol. The Kier molecular flexibility index (Phi) is 10.1. The molecule has 3 rings (SSSR count). The maximum absolute atomic E-state index is 10.8. The van der Waals surface area contributed by atoms with Gasteiger partial charge >= 0.3 is 0 Å². The molecule has 35 heavy (non-hydrogen) atoms. The molecule has 0 aliphatic carbocycles. The molecule has 16 heteroatoms. The van der Waals surface area contributed by atoms with Crippen LogP contribution in [0.2, 0.25) is 0 Å². The van der Waals surface area contributed by atoms with E-state index in [0.717, 1.165) is 0 Å². The molecule has 3 aliphatic heterocycles. The number of hydrogen-bond acceptors (Lipinski definition) is 16. The highest BCUT2D eigenvalue weighted by atomic mass is 16.7. The minimum atomic E-state index is -1.86. The van der Waals surface area contributed by atoms with Crippen LogP contribution >= 0.6 is 0 Å². The van der Waals surface area contributed by atoms with Gasteiger partial charge in [0, 0.05) is 7.11 Å². The van der Waals surface area contributed by atoms with Crippen LogP contribution in [0.3, 0.4) is 0 Å². The molecule has 0 spiro atoms. The van der Waals surface area contributed by atoms with Crippen molar-refractivity contribution in [3.63, 3.8) is 0 Å². The quantitative estimate of drug-likeness (QED) is 0.143. The van der Waals surface area contributed by atoms with Gasteiger partial charge in [0.25, 0.3) is 0 Å². The summed E-state index contributed by atoms with van der Waals surface area (Å²) in [5, 5.41) is 101. The minimum Gasteiger partial charge on any atom is -0.394 e. The number of hydrogen-bond donors (Lipinski definition) is 10. The zero-order chi connectivity index (χ0) is 26.0. The molecule has 3 fully saturated rings. The highest BCUT2D eigenvalue weighted by Crippen LogP contribution is 2.32. The van der Waals surface area contributed by atoms with Gasteiger partial charge in [0.15, 0.2) is 18.9 Å². The second-order valence-electron chi connectivity index (χ2n) is 8.54. The Balaban J connectivity index is 1.79. The first-order valence-corrected chi connectivity index (χ1v) is 11.0. The summed E-state index contributed by atoms with van der Waals surface area (Å²) < 4.78 is 31.9. The van der Waals surface area contributed by atoms with Gasteiger partial charge in [-0.2, -0.15) is 0 Å². The maximum Gasteiger partial charge on any atom is 0.187 e. The van der Waals surface area contributed by atoms with Gasteiger partial charge in [0.2, 0.25) is 0 Å². The average Bonchev–Trinajstić information content (AvgIpc) is 2.84. The molecule has 0 saturated carbocycles. The van der Waals surface area contributed by atoms with Crippen molar-refractivity contribution in [2.24, 2.45) is 0 Å². The van der Waals surface area contributed by atoms with Crippen LogP contribution in [0.5, 0.6) is 0 Å². The van der Waals surface area contributed by atoms with E-state index in [2.05, 4.69) is 0 Å². The second-order valence-corrected chi connectivity index (χ2v) is 8.54. The standard InChI is InChI=1S/C19H34O16/c1-30-16-12(27)14(7(4-22)31-17(16)29)34-19-13(28)15(9(24)6(3-21)33-19)35-18-11(26)10(25)8(23)5(2-20)32-18/h5-29H,2-4H2,1H3/t5-,6-,7-,8+,9+,10+,11-,12+,13-,14+,15+,16-,17?,18-,19+/m1/s1. The van der Waals surface area contributed by atoms with Gasteiger partial charge in [-0.15, -0.1) is 0 Å². The molecule has 10 N–H and O–H groups in total. The average molecular weight is 518 g/mol. The van der Waals surface area contributed by atoms with Crippen LogP contribution in [0, 0.1) is 0 Å². The molecule has 0 aromatic heterocycles. The van der Waals surface area contributed by atoms with E-state index in [-0.39, 0.29) is 0 Å². The van der Waals surface area contributed by atoms with Crippen molar-refractivity contribution >= 4 is 0 Å². The second kappa shape index (κ2) is 12.3. The number of ether oxygens (including phenoxy) is 6. The molecule has 1 unspecified atom stereocenters.